The number of hydrogen-bond acceptors (Lipinski definition) is 3. The van der Waals surface area contributed by atoms with Gasteiger partial charge in [0.25, 0.3) is 0 Å². The van der Waals surface area contributed by atoms with Crippen molar-refractivity contribution in [3.8, 4) is 0 Å². The van der Waals surface area contributed by atoms with Gasteiger partial charge >= 0.3 is 5.97 Å². The fraction of sp³-hybridized carbons (Fsp3) is 0.278. The summed E-state index contributed by atoms with van der Waals surface area (Å²) in [5.41, 5.74) is 2.05. The predicted molar refractivity (Wildman–Crippen MR) is 83.3 cm³/mol. The molecule has 0 atom stereocenters. The number of carbonyl (C=O) groups is 1. The average molecular weight is 300 g/mol. The summed E-state index contributed by atoms with van der Waals surface area (Å²) < 4.78 is 11.0. The highest BCUT2D eigenvalue weighted by atomic mass is 16.5. The van der Waals surface area contributed by atoms with Gasteiger partial charge in [0.1, 0.15) is 5.92 Å². The van der Waals surface area contributed by atoms with Crippen molar-refractivity contribution < 1.29 is 19.4 Å². The molecule has 0 saturated carbocycles. The van der Waals surface area contributed by atoms with Crippen LogP contribution in [0.3, 0.4) is 0 Å². The van der Waals surface area contributed by atoms with Crippen LogP contribution in [0.4, 0.5) is 0 Å². The molecule has 0 aromatic heterocycles. The fourth-order valence-electron chi connectivity index (χ4n) is 1.98. The molecule has 0 unspecified atom stereocenters. The van der Waals surface area contributed by atoms with Crippen LogP contribution in [-0.4, -0.2) is 24.3 Å². The van der Waals surface area contributed by atoms with Gasteiger partial charge in [-0.05, 0) is 11.1 Å². The number of benzene rings is 2. The molecule has 0 bridgehead atoms. The van der Waals surface area contributed by atoms with E-state index in [0.717, 1.165) is 11.1 Å². The van der Waals surface area contributed by atoms with E-state index < -0.39 is 11.9 Å². The molecule has 4 heteroatoms. The lowest BCUT2D eigenvalue weighted by molar-refractivity contribution is -0.147. The van der Waals surface area contributed by atoms with E-state index in [-0.39, 0.29) is 13.2 Å². The summed E-state index contributed by atoms with van der Waals surface area (Å²) in [6.45, 7) is 1.09. The minimum absolute atomic E-state index is 0.138. The first-order valence-electron chi connectivity index (χ1n) is 7.22. The Kier molecular flexibility index (Phi) is 6.61. The monoisotopic (exact) mass is 300 g/mol. The number of ether oxygens (including phenoxy) is 2. The van der Waals surface area contributed by atoms with Gasteiger partial charge in [0.05, 0.1) is 26.4 Å². The lowest BCUT2D eigenvalue weighted by Gasteiger charge is -2.13. The van der Waals surface area contributed by atoms with Crippen LogP contribution in [0.15, 0.2) is 60.7 Å². The van der Waals surface area contributed by atoms with Crippen molar-refractivity contribution in [2.45, 2.75) is 13.2 Å². The van der Waals surface area contributed by atoms with Crippen molar-refractivity contribution >= 4 is 5.97 Å². The zero-order valence-corrected chi connectivity index (χ0v) is 12.4. The van der Waals surface area contributed by atoms with Crippen molar-refractivity contribution in [1.29, 1.82) is 0 Å². The van der Waals surface area contributed by atoms with Crippen LogP contribution in [0.2, 0.25) is 0 Å². The molecule has 0 radical (unpaired) electrons. The van der Waals surface area contributed by atoms with Crippen LogP contribution >= 0.6 is 0 Å². The minimum Gasteiger partial charge on any atom is -0.481 e. The number of hydrogen-bond donors (Lipinski definition) is 1. The quantitative estimate of drug-likeness (QED) is 0.773. The largest absolute Gasteiger partial charge is 0.481 e. The van der Waals surface area contributed by atoms with Gasteiger partial charge in [0.15, 0.2) is 0 Å². The number of carboxylic acids is 1. The Morgan fingerprint density at radius 3 is 1.59 bits per heavy atom. The summed E-state index contributed by atoms with van der Waals surface area (Å²) in [7, 11) is 0. The van der Waals surface area contributed by atoms with E-state index >= 15 is 0 Å². The molecule has 0 aliphatic heterocycles. The van der Waals surface area contributed by atoms with Crippen molar-refractivity contribution in [3.63, 3.8) is 0 Å². The maximum Gasteiger partial charge on any atom is 0.311 e. The third-order valence-electron chi connectivity index (χ3n) is 3.21. The summed E-state index contributed by atoms with van der Waals surface area (Å²) in [6.07, 6.45) is 0. The summed E-state index contributed by atoms with van der Waals surface area (Å²) in [6, 6.07) is 19.4. The SMILES string of the molecule is O=C(O)C(COCc1ccccc1)COCc1ccccc1. The third-order valence-corrected chi connectivity index (χ3v) is 3.21. The summed E-state index contributed by atoms with van der Waals surface area (Å²) >= 11 is 0. The standard InChI is InChI=1S/C18H20O4/c19-18(20)17(13-21-11-15-7-3-1-4-8-15)14-22-12-16-9-5-2-6-10-16/h1-10,17H,11-14H2,(H,19,20). The molecule has 2 aromatic rings. The summed E-state index contributed by atoms with van der Waals surface area (Å²) in [5.74, 6) is -1.56. The maximum atomic E-state index is 11.2. The Bertz CT molecular complexity index is 508. The van der Waals surface area contributed by atoms with Crippen LogP contribution in [0, 0.1) is 5.92 Å². The smallest absolute Gasteiger partial charge is 0.311 e. The molecule has 0 heterocycles. The van der Waals surface area contributed by atoms with Gasteiger partial charge in [0, 0.05) is 0 Å². The second-order valence-electron chi connectivity index (χ2n) is 5.04. The highest BCUT2D eigenvalue weighted by Crippen LogP contribution is 2.07. The first-order chi connectivity index (χ1) is 10.8. The Morgan fingerprint density at radius 1 is 0.818 bits per heavy atom. The molecule has 1 N–H and O–H groups in total. The van der Waals surface area contributed by atoms with Gasteiger partial charge in [-0.15, -0.1) is 0 Å². The molecule has 0 saturated heterocycles. The van der Waals surface area contributed by atoms with Gasteiger partial charge in [-0.1, -0.05) is 60.7 Å². The molecule has 2 aromatic carbocycles. The topological polar surface area (TPSA) is 55.8 Å². The maximum absolute atomic E-state index is 11.2. The van der Waals surface area contributed by atoms with Gasteiger partial charge in [0.2, 0.25) is 0 Å². The number of carboxylic acid groups (broad SMARTS) is 1. The molecule has 22 heavy (non-hydrogen) atoms. The van der Waals surface area contributed by atoms with Crippen molar-refractivity contribution in [2.24, 2.45) is 5.92 Å². The highest BCUT2D eigenvalue weighted by molar-refractivity contribution is 5.70. The van der Waals surface area contributed by atoms with Crippen LogP contribution in [0.5, 0.6) is 0 Å². The fourth-order valence-corrected chi connectivity index (χ4v) is 1.98. The van der Waals surface area contributed by atoms with Gasteiger partial charge in [-0.3, -0.25) is 4.79 Å². The number of rotatable bonds is 9. The van der Waals surface area contributed by atoms with Crippen LogP contribution in [0.1, 0.15) is 11.1 Å². The van der Waals surface area contributed by atoms with Gasteiger partial charge < -0.3 is 14.6 Å². The summed E-state index contributed by atoms with van der Waals surface area (Å²) in [5, 5.41) is 9.21. The molecule has 0 spiro atoms. The second kappa shape index (κ2) is 8.97. The van der Waals surface area contributed by atoms with E-state index in [2.05, 4.69) is 0 Å². The van der Waals surface area contributed by atoms with E-state index in [1.54, 1.807) is 0 Å². The van der Waals surface area contributed by atoms with E-state index in [4.69, 9.17) is 9.47 Å². The molecule has 2 rings (SSSR count). The van der Waals surface area contributed by atoms with Crippen molar-refractivity contribution in [3.05, 3.63) is 71.8 Å². The molecular weight excluding hydrogens is 280 g/mol. The molecule has 116 valence electrons. The average Bonchev–Trinajstić information content (AvgIpc) is 2.55. The molecule has 4 nitrogen and oxygen atoms in total. The molecule has 0 fully saturated rings. The van der Waals surface area contributed by atoms with Gasteiger partial charge in [-0.2, -0.15) is 0 Å². The number of aliphatic carboxylic acids is 1. The van der Waals surface area contributed by atoms with Gasteiger partial charge in [-0.25, -0.2) is 0 Å². The molecule has 0 aliphatic carbocycles. The normalized spacial score (nSPS) is 10.8. The molecule has 0 aliphatic rings. The Hall–Kier alpha value is -2.17. The lowest BCUT2D eigenvalue weighted by Crippen LogP contribution is -2.25. The first kappa shape index (κ1) is 16.2. The zero-order chi connectivity index (χ0) is 15.6. The van der Waals surface area contributed by atoms with E-state index in [9.17, 15) is 9.90 Å². The van der Waals surface area contributed by atoms with E-state index in [1.807, 2.05) is 60.7 Å². The third kappa shape index (κ3) is 5.68. The lowest BCUT2D eigenvalue weighted by atomic mass is 10.2. The van der Waals surface area contributed by atoms with Crippen LogP contribution in [0.25, 0.3) is 0 Å². The second-order valence-corrected chi connectivity index (χ2v) is 5.04. The zero-order valence-electron chi connectivity index (χ0n) is 12.4. The van der Waals surface area contributed by atoms with E-state index in [1.165, 1.54) is 0 Å². The van der Waals surface area contributed by atoms with Crippen molar-refractivity contribution in [2.75, 3.05) is 13.2 Å². The predicted octanol–water partition coefficient (Wildman–Crippen LogP) is 3.12. The first-order valence-corrected chi connectivity index (χ1v) is 7.22. The van der Waals surface area contributed by atoms with Crippen molar-refractivity contribution in [1.82, 2.24) is 0 Å². The Balaban J connectivity index is 1.72. The Labute approximate surface area is 130 Å². The molecular formula is C18H20O4. The van der Waals surface area contributed by atoms with Crippen LogP contribution in [-0.2, 0) is 27.5 Å². The minimum atomic E-state index is -0.902. The summed E-state index contributed by atoms with van der Waals surface area (Å²) in [4.78, 5) is 11.2. The highest BCUT2D eigenvalue weighted by Gasteiger charge is 2.18. The van der Waals surface area contributed by atoms with E-state index in [0.29, 0.717) is 13.2 Å². The Morgan fingerprint density at radius 2 is 1.23 bits per heavy atom. The molecule has 0 amide bonds. The van der Waals surface area contributed by atoms with Crippen LogP contribution < -0.4 is 0 Å².